The number of carbonyl (C=O) groups excluding carboxylic acids is 1. The summed E-state index contributed by atoms with van der Waals surface area (Å²) in [6.07, 6.45) is 3.10. The van der Waals surface area contributed by atoms with Crippen molar-refractivity contribution in [3.8, 4) is 5.75 Å². The maximum Gasteiger partial charge on any atom is 0.351 e. The van der Waals surface area contributed by atoms with Crippen LogP contribution in [-0.4, -0.2) is 36.2 Å². The molecule has 0 bridgehead atoms. The molecule has 0 radical (unpaired) electrons. The van der Waals surface area contributed by atoms with Gasteiger partial charge in [-0.2, -0.15) is 0 Å². The van der Waals surface area contributed by atoms with Gasteiger partial charge in [0.25, 0.3) is 0 Å². The highest BCUT2D eigenvalue weighted by Crippen LogP contribution is 2.27. The van der Waals surface area contributed by atoms with Crippen LogP contribution in [0.15, 0.2) is 18.5 Å². The normalized spacial score (nSPS) is 10.2. The Bertz CT molecular complexity index is 636. The minimum atomic E-state index is -0.508. The van der Waals surface area contributed by atoms with Crippen molar-refractivity contribution in [3.63, 3.8) is 0 Å². The number of hydrogen-bond acceptors (Lipinski definition) is 7. The standard InChI is InChI=1S/C12H11Cl2N3O3S/c1-19-11(18)9-10(14)17-12(21-9)16-2-3-20-8-4-7(13)5-15-6-8/h4-6H,2-3H2,1H3,(H,16,17). The van der Waals surface area contributed by atoms with E-state index in [1.807, 2.05) is 0 Å². The van der Waals surface area contributed by atoms with E-state index in [0.29, 0.717) is 29.1 Å². The fourth-order valence-electron chi connectivity index (χ4n) is 1.39. The molecule has 0 aliphatic heterocycles. The van der Waals surface area contributed by atoms with Crippen molar-refractivity contribution < 1.29 is 14.3 Å². The molecular formula is C12H11Cl2N3O3S. The molecule has 6 nitrogen and oxygen atoms in total. The number of aromatic nitrogens is 2. The summed E-state index contributed by atoms with van der Waals surface area (Å²) in [4.78, 5) is 19.6. The van der Waals surface area contributed by atoms with Crippen molar-refractivity contribution in [1.29, 1.82) is 0 Å². The van der Waals surface area contributed by atoms with Crippen LogP contribution in [0.2, 0.25) is 10.2 Å². The maximum absolute atomic E-state index is 11.4. The Morgan fingerprint density at radius 2 is 2.24 bits per heavy atom. The smallest absolute Gasteiger partial charge is 0.351 e. The highest BCUT2D eigenvalue weighted by Gasteiger charge is 2.16. The second-order valence-electron chi connectivity index (χ2n) is 3.74. The predicted molar refractivity (Wildman–Crippen MR) is 81.7 cm³/mol. The third-order valence-corrected chi connectivity index (χ3v) is 3.87. The van der Waals surface area contributed by atoms with E-state index in [1.165, 1.54) is 13.3 Å². The van der Waals surface area contributed by atoms with Gasteiger partial charge >= 0.3 is 5.97 Å². The molecule has 0 aliphatic carbocycles. The van der Waals surface area contributed by atoms with Crippen LogP contribution in [0.5, 0.6) is 5.75 Å². The van der Waals surface area contributed by atoms with Gasteiger partial charge in [-0.1, -0.05) is 34.5 Å². The number of esters is 1. The van der Waals surface area contributed by atoms with Crippen LogP contribution in [-0.2, 0) is 4.74 Å². The van der Waals surface area contributed by atoms with E-state index in [2.05, 4.69) is 20.0 Å². The zero-order valence-electron chi connectivity index (χ0n) is 10.9. The number of nitrogens with one attached hydrogen (secondary N) is 1. The molecule has 0 spiro atoms. The number of halogens is 2. The van der Waals surface area contributed by atoms with Crippen molar-refractivity contribution >= 4 is 45.6 Å². The first kappa shape index (κ1) is 15.8. The monoisotopic (exact) mass is 347 g/mol. The molecule has 0 aliphatic rings. The van der Waals surface area contributed by atoms with Crippen molar-refractivity contribution in [3.05, 3.63) is 33.5 Å². The average molecular weight is 348 g/mol. The molecule has 0 amide bonds. The number of ether oxygens (including phenoxy) is 2. The van der Waals surface area contributed by atoms with Gasteiger partial charge in [0, 0.05) is 12.3 Å². The molecule has 2 heterocycles. The average Bonchev–Trinajstić information content (AvgIpc) is 2.84. The number of anilines is 1. The molecule has 2 aromatic rings. The SMILES string of the molecule is COC(=O)c1sc(NCCOc2cncc(Cl)c2)nc1Cl. The molecule has 0 saturated heterocycles. The maximum atomic E-state index is 11.4. The molecule has 0 aromatic carbocycles. The Labute approximate surface area is 135 Å². The molecule has 0 unspecified atom stereocenters. The van der Waals surface area contributed by atoms with Gasteiger partial charge < -0.3 is 14.8 Å². The van der Waals surface area contributed by atoms with Crippen molar-refractivity contribution in [1.82, 2.24) is 9.97 Å². The van der Waals surface area contributed by atoms with Gasteiger partial charge in [-0.3, -0.25) is 4.98 Å². The fraction of sp³-hybridized carbons (Fsp3) is 0.250. The van der Waals surface area contributed by atoms with Crippen LogP contribution in [0.3, 0.4) is 0 Å². The predicted octanol–water partition coefficient (Wildman–Crippen LogP) is 3.12. The second kappa shape index (κ2) is 7.44. The summed E-state index contributed by atoms with van der Waals surface area (Å²) in [5, 5.41) is 4.16. The third kappa shape index (κ3) is 4.45. The van der Waals surface area contributed by atoms with Gasteiger partial charge in [0.15, 0.2) is 15.2 Å². The van der Waals surface area contributed by atoms with Crippen molar-refractivity contribution in [2.24, 2.45) is 0 Å². The molecule has 0 saturated carbocycles. The summed E-state index contributed by atoms with van der Waals surface area (Å²) in [6, 6.07) is 1.67. The van der Waals surface area contributed by atoms with Gasteiger partial charge in [-0.25, -0.2) is 9.78 Å². The summed E-state index contributed by atoms with van der Waals surface area (Å²) in [7, 11) is 1.29. The van der Waals surface area contributed by atoms with Crippen LogP contribution in [0.1, 0.15) is 9.67 Å². The number of hydrogen-bond donors (Lipinski definition) is 1. The van der Waals surface area contributed by atoms with E-state index in [-0.39, 0.29) is 10.0 Å². The van der Waals surface area contributed by atoms with Crippen LogP contribution < -0.4 is 10.1 Å². The Morgan fingerprint density at radius 3 is 2.95 bits per heavy atom. The Morgan fingerprint density at radius 1 is 1.43 bits per heavy atom. The number of carbonyl (C=O) groups is 1. The summed E-state index contributed by atoms with van der Waals surface area (Å²) in [5.41, 5.74) is 0. The first-order valence-corrected chi connectivity index (χ1v) is 7.39. The topological polar surface area (TPSA) is 73.3 Å². The molecule has 0 atom stereocenters. The quantitative estimate of drug-likeness (QED) is 0.639. The van der Waals surface area contributed by atoms with Gasteiger partial charge in [0.2, 0.25) is 0 Å². The summed E-state index contributed by atoms with van der Waals surface area (Å²) in [6.45, 7) is 0.865. The largest absolute Gasteiger partial charge is 0.490 e. The third-order valence-electron chi connectivity index (χ3n) is 2.28. The molecule has 2 aromatic heterocycles. The van der Waals surface area contributed by atoms with Gasteiger partial charge in [0.1, 0.15) is 12.4 Å². The van der Waals surface area contributed by atoms with Crippen molar-refractivity contribution in [2.45, 2.75) is 0 Å². The minimum absolute atomic E-state index is 0.120. The lowest BCUT2D eigenvalue weighted by Gasteiger charge is -2.06. The van der Waals surface area contributed by atoms with E-state index in [1.54, 1.807) is 12.3 Å². The number of thiazole rings is 1. The highest BCUT2D eigenvalue weighted by molar-refractivity contribution is 7.18. The summed E-state index contributed by atoms with van der Waals surface area (Å²) >= 11 is 12.8. The van der Waals surface area contributed by atoms with E-state index < -0.39 is 5.97 Å². The fourth-order valence-corrected chi connectivity index (χ4v) is 2.69. The lowest BCUT2D eigenvalue weighted by Crippen LogP contribution is -2.11. The van der Waals surface area contributed by atoms with Gasteiger partial charge in [-0.15, -0.1) is 0 Å². The zero-order valence-corrected chi connectivity index (χ0v) is 13.3. The lowest BCUT2D eigenvalue weighted by molar-refractivity contribution is 0.0606. The highest BCUT2D eigenvalue weighted by atomic mass is 35.5. The molecule has 9 heteroatoms. The first-order valence-electron chi connectivity index (χ1n) is 5.82. The van der Waals surface area contributed by atoms with Crippen molar-refractivity contribution in [2.75, 3.05) is 25.6 Å². The Kier molecular flexibility index (Phi) is 5.60. The van der Waals surface area contributed by atoms with E-state index in [0.717, 1.165) is 11.3 Å². The van der Waals surface area contributed by atoms with Crippen LogP contribution in [0.4, 0.5) is 5.13 Å². The molecule has 2 rings (SSSR count). The van der Waals surface area contributed by atoms with Crippen LogP contribution in [0.25, 0.3) is 0 Å². The van der Waals surface area contributed by atoms with Crippen LogP contribution in [0, 0.1) is 0 Å². The number of pyridine rings is 1. The van der Waals surface area contributed by atoms with Gasteiger partial charge in [-0.05, 0) is 0 Å². The second-order valence-corrected chi connectivity index (χ2v) is 5.54. The molecule has 1 N–H and O–H groups in total. The molecule has 112 valence electrons. The molecular weight excluding hydrogens is 337 g/mol. The summed E-state index contributed by atoms with van der Waals surface area (Å²) < 4.78 is 10.1. The van der Waals surface area contributed by atoms with E-state index in [9.17, 15) is 4.79 Å². The van der Waals surface area contributed by atoms with Crippen LogP contribution >= 0.6 is 34.5 Å². The number of methoxy groups -OCH3 is 1. The van der Waals surface area contributed by atoms with E-state index in [4.69, 9.17) is 27.9 Å². The number of nitrogens with zero attached hydrogens (tertiary/aromatic N) is 2. The number of rotatable bonds is 6. The van der Waals surface area contributed by atoms with Gasteiger partial charge in [0.05, 0.1) is 24.9 Å². The lowest BCUT2D eigenvalue weighted by atomic mass is 10.4. The Hall–Kier alpha value is -1.57. The zero-order chi connectivity index (χ0) is 15.2. The molecule has 0 fully saturated rings. The van der Waals surface area contributed by atoms with E-state index >= 15 is 0 Å². The summed E-state index contributed by atoms with van der Waals surface area (Å²) in [5.74, 6) is 0.0727. The molecule has 21 heavy (non-hydrogen) atoms. The minimum Gasteiger partial charge on any atom is -0.490 e. The first-order chi connectivity index (χ1) is 10.1. The Balaban J connectivity index is 1.82.